The standard InChI is InChI=1S/C66H85N7O9/c1-66(2,3)82-65(80)68-34-36-81-35-22-11-9-7-5-4-6-8-10-21-33-67-59(74)52-40-72(41-53(52)60(75)69-56-37-49(56)44-23-15-12-16-24-44)63(78)47-29-31-48(32-30-47)64(79)73-42-54(61(76)70-57-38-50(57)45-25-17-13-18-26-45)55(43-73)62(77)71-58-39-51(58)46-27-19-14-20-28-46/h12-20,23-32,49-58H,4-11,21-22,33-43H2,1-3H3,(H,67,74)(H,68,80)(H,69,75)(H,70,76)(H,71,77)/t49-,50-,51-,52-,53-,54-,55-,56+,57+,58+/m1/s1. The van der Waals surface area contributed by atoms with Crippen molar-refractivity contribution in [2.45, 2.75) is 146 Å². The van der Waals surface area contributed by atoms with Crippen LogP contribution in [0.25, 0.3) is 0 Å². The summed E-state index contributed by atoms with van der Waals surface area (Å²) in [6.07, 6.45) is 12.8. The highest BCUT2D eigenvalue weighted by Crippen LogP contribution is 2.44. The average Bonchev–Trinajstić information content (AvgIpc) is 4.55. The van der Waals surface area contributed by atoms with Gasteiger partial charge in [-0.2, -0.15) is 0 Å². The molecule has 2 saturated heterocycles. The second-order valence-electron chi connectivity index (χ2n) is 24.4. The molecule has 0 spiro atoms. The number of amides is 7. The maximum atomic E-state index is 14.3. The summed E-state index contributed by atoms with van der Waals surface area (Å²) >= 11 is 0. The largest absolute Gasteiger partial charge is 0.444 e. The number of ether oxygens (including phenoxy) is 2. The number of nitrogens with zero attached hydrogens (tertiary/aromatic N) is 2. The predicted octanol–water partition coefficient (Wildman–Crippen LogP) is 8.64. The van der Waals surface area contributed by atoms with E-state index in [1.165, 1.54) is 19.3 Å². The minimum Gasteiger partial charge on any atom is -0.444 e. The van der Waals surface area contributed by atoms with E-state index < -0.39 is 35.4 Å². The number of benzene rings is 4. The number of hydrogen-bond acceptors (Lipinski definition) is 9. The van der Waals surface area contributed by atoms with E-state index in [0.717, 1.165) is 80.9 Å². The molecule has 82 heavy (non-hydrogen) atoms. The van der Waals surface area contributed by atoms with E-state index in [1.54, 1.807) is 34.1 Å². The normalized spacial score (nSPS) is 24.2. The highest BCUT2D eigenvalue weighted by Gasteiger charge is 2.50. The van der Waals surface area contributed by atoms with Gasteiger partial charge in [0.1, 0.15) is 5.60 Å². The molecule has 5 aliphatic rings. The third-order valence-corrected chi connectivity index (χ3v) is 16.9. The topological polar surface area (TPSA) is 205 Å². The van der Waals surface area contributed by atoms with Gasteiger partial charge in [-0.25, -0.2) is 4.79 Å². The van der Waals surface area contributed by atoms with Crippen LogP contribution in [0.15, 0.2) is 115 Å². The number of likely N-dealkylation sites (tertiary alicyclic amines) is 2. The molecule has 10 atom stereocenters. The molecule has 0 bridgehead atoms. The molecule has 4 aromatic rings. The molecule has 438 valence electrons. The van der Waals surface area contributed by atoms with Crippen molar-refractivity contribution in [1.82, 2.24) is 36.4 Å². The third-order valence-electron chi connectivity index (χ3n) is 16.9. The molecule has 4 aromatic carbocycles. The predicted molar refractivity (Wildman–Crippen MR) is 314 cm³/mol. The Hall–Kier alpha value is -7.07. The SMILES string of the molecule is CC(C)(C)OC(=O)NCCOCCCCCCCCCCCCNC(=O)[C@@H]1CN(C(=O)c2ccc(C(=O)N3C[C@@H](C(=O)N[C@H]4C[C@@H]4c4ccccc4)[C@H](C(=O)N[C@H]4C[C@@H]4c4ccccc4)C3)cc2)C[C@H]1C(=O)N[C@H]1C[C@@H]1c1ccccc1. The van der Waals surface area contributed by atoms with Gasteiger partial charge in [0.15, 0.2) is 0 Å². The van der Waals surface area contributed by atoms with Crippen molar-refractivity contribution in [2.75, 3.05) is 52.5 Å². The van der Waals surface area contributed by atoms with Crippen LogP contribution in [0.1, 0.15) is 159 Å². The molecule has 5 N–H and O–H groups in total. The van der Waals surface area contributed by atoms with Crippen LogP contribution in [0.4, 0.5) is 4.79 Å². The summed E-state index contributed by atoms with van der Waals surface area (Å²) in [5.74, 6) is -3.95. The van der Waals surface area contributed by atoms with Crippen LogP contribution in [0.3, 0.4) is 0 Å². The minimum atomic E-state index is -0.740. The fourth-order valence-corrected chi connectivity index (χ4v) is 12.0. The Morgan fingerprint density at radius 3 is 1.16 bits per heavy atom. The van der Waals surface area contributed by atoms with E-state index in [0.29, 0.717) is 37.4 Å². The lowest BCUT2D eigenvalue weighted by Crippen LogP contribution is -2.43. The van der Waals surface area contributed by atoms with E-state index in [4.69, 9.17) is 9.47 Å². The first-order chi connectivity index (χ1) is 39.7. The van der Waals surface area contributed by atoms with E-state index in [-0.39, 0.29) is 97.5 Å². The number of rotatable bonds is 28. The van der Waals surface area contributed by atoms with Gasteiger partial charge in [-0.15, -0.1) is 0 Å². The van der Waals surface area contributed by atoms with Crippen molar-refractivity contribution in [3.05, 3.63) is 143 Å². The first kappa shape index (κ1) is 59.5. The molecule has 0 radical (unpaired) electrons. The molecule has 7 amide bonds. The van der Waals surface area contributed by atoms with Crippen LogP contribution in [-0.2, 0) is 28.7 Å². The maximum Gasteiger partial charge on any atom is 0.407 e. The van der Waals surface area contributed by atoms with Gasteiger partial charge in [-0.1, -0.05) is 142 Å². The van der Waals surface area contributed by atoms with Crippen molar-refractivity contribution in [2.24, 2.45) is 23.7 Å². The number of carbonyl (C=O) groups excluding carboxylic acids is 7. The van der Waals surface area contributed by atoms with Crippen LogP contribution in [-0.4, -0.2) is 128 Å². The monoisotopic (exact) mass is 1120 g/mol. The lowest BCUT2D eigenvalue weighted by molar-refractivity contribution is -0.133. The summed E-state index contributed by atoms with van der Waals surface area (Å²) in [5, 5.41) is 15.4. The number of hydrogen-bond donors (Lipinski definition) is 5. The van der Waals surface area contributed by atoms with Gasteiger partial charge in [0.25, 0.3) is 11.8 Å². The Morgan fingerprint density at radius 1 is 0.427 bits per heavy atom. The highest BCUT2D eigenvalue weighted by molar-refractivity contribution is 6.00. The Labute approximate surface area is 484 Å². The van der Waals surface area contributed by atoms with E-state index in [2.05, 4.69) is 63.0 Å². The summed E-state index contributed by atoms with van der Waals surface area (Å²) in [7, 11) is 0. The zero-order chi connectivity index (χ0) is 57.6. The van der Waals surface area contributed by atoms with Crippen LogP contribution in [0.2, 0.25) is 0 Å². The van der Waals surface area contributed by atoms with Gasteiger partial charge >= 0.3 is 6.09 Å². The van der Waals surface area contributed by atoms with Crippen molar-refractivity contribution in [1.29, 1.82) is 0 Å². The van der Waals surface area contributed by atoms with Crippen LogP contribution in [0, 0.1) is 23.7 Å². The van der Waals surface area contributed by atoms with Gasteiger partial charge in [0, 0.05) is 92.9 Å². The Balaban J connectivity index is 0.736. The third kappa shape index (κ3) is 16.8. The summed E-state index contributed by atoms with van der Waals surface area (Å²) < 4.78 is 10.9. The molecule has 16 nitrogen and oxygen atoms in total. The minimum absolute atomic E-state index is 0.0402. The molecule has 16 heteroatoms. The van der Waals surface area contributed by atoms with Crippen LogP contribution in [0.5, 0.6) is 0 Å². The molecule has 0 unspecified atom stereocenters. The fourth-order valence-electron chi connectivity index (χ4n) is 12.0. The number of nitrogens with one attached hydrogen (secondary N) is 5. The van der Waals surface area contributed by atoms with Crippen molar-refractivity contribution < 1.29 is 43.0 Å². The maximum absolute atomic E-state index is 14.3. The second-order valence-corrected chi connectivity index (χ2v) is 24.4. The van der Waals surface area contributed by atoms with Gasteiger partial charge in [-0.3, -0.25) is 28.8 Å². The lowest BCUT2D eigenvalue weighted by atomic mass is 9.94. The second kappa shape index (κ2) is 28.3. The smallest absolute Gasteiger partial charge is 0.407 e. The molecule has 9 rings (SSSR count). The zero-order valence-corrected chi connectivity index (χ0v) is 48.2. The zero-order valence-electron chi connectivity index (χ0n) is 48.2. The van der Waals surface area contributed by atoms with Crippen molar-refractivity contribution in [3.63, 3.8) is 0 Å². The Bertz CT molecular complexity index is 2720. The Morgan fingerprint density at radius 2 is 0.780 bits per heavy atom. The van der Waals surface area contributed by atoms with Gasteiger partial charge < -0.3 is 45.9 Å². The van der Waals surface area contributed by atoms with E-state index in [1.807, 2.05) is 75.4 Å². The van der Waals surface area contributed by atoms with E-state index in [9.17, 15) is 33.6 Å². The highest BCUT2D eigenvalue weighted by atomic mass is 16.6. The van der Waals surface area contributed by atoms with Crippen LogP contribution >= 0.6 is 0 Å². The quantitative estimate of drug-likeness (QED) is 0.0345. The summed E-state index contributed by atoms with van der Waals surface area (Å²) in [4.78, 5) is 99.5. The van der Waals surface area contributed by atoms with Crippen molar-refractivity contribution in [3.8, 4) is 0 Å². The van der Waals surface area contributed by atoms with Crippen LogP contribution < -0.4 is 26.6 Å². The molecule has 5 fully saturated rings. The molecule has 0 aromatic heterocycles. The summed E-state index contributed by atoms with van der Waals surface area (Å²) in [5.41, 5.74) is 3.60. The Kier molecular flexibility index (Phi) is 20.5. The molecule has 2 aliphatic heterocycles. The number of carbonyl (C=O) groups is 7. The number of alkyl carbamates (subject to hydrolysis) is 1. The first-order valence-electron chi connectivity index (χ1n) is 30.3. The van der Waals surface area contributed by atoms with Crippen molar-refractivity contribution >= 4 is 41.5 Å². The molecular formula is C66H85N7O9. The first-order valence-corrected chi connectivity index (χ1v) is 30.3. The number of unbranched alkanes of at least 4 members (excludes halogenated alkanes) is 9. The fraction of sp³-hybridized carbons (Fsp3) is 0.530. The van der Waals surface area contributed by atoms with Gasteiger partial charge in [0.05, 0.1) is 30.3 Å². The summed E-state index contributed by atoms with van der Waals surface area (Å²) in [6.45, 7) is 7.87. The average molecular weight is 1120 g/mol. The molecule has 3 aliphatic carbocycles. The van der Waals surface area contributed by atoms with Gasteiger partial charge in [-0.05, 0) is 93.8 Å². The van der Waals surface area contributed by atoms with Gasteiger partial charge in [0.2, 0.25) is 23.6 Å². The summed E-state index contributed by atoms with van der Waals surface area (Å²) in [6, 6.07) is 36.5. The molecule has 2 heterocycles. The molecule has 3 saturated carbocycles. The van der Waals surface area contributed by atoms with E-state index >= 15 is 0 Å². The molecular weight excluding hydrogens is 1030 g/mol. The lowest BCUT2D eigenvalue weighted by Gasteiger charge is -2.19.